The number of pyridine rings is 1. The fourth-order valence-corrected chi connectivity index (χ4v) is 4.22. The number of aromatic amines is 1. The van der Waals surface area contributed by atoms with Gasteiger partial charge in [0.2, 0.25) is 0 Å². The van der Waals surface area contributed by atoms with Crippen LogP contribution >= 0.6 is 12.2 Å². The van der Waals surface area contributed by atoms with E-state index in [4.69, 9.17) is 27.7 Å². The van der Waals surface area contributed by atoms with Crippen LogP contribution in [0.2, 0.25) is 0 Å². The number of likely N-dealkylation sites (N-methyl/N-ethyl adjacent to an activating group) is 1. The summed E-state index contributed by atoms with van der Waals surface area (Å²) in [7, 11) is 3.76. The highest BCUT2D eigenvalue weighted by molar-refractivity contribution is 7.71. The lowest BCUT2D eigenvalue weighted by atomic mass is 9.99. The maximum Gasteiger partial charge on any atom is 0.200 e. The molecule has 0 aliphatic carbocycles. The van der Waals surface area contributed by atoms with Crippen LogP contribution < -0.4 is 10.5 Å². The molecule has 1 fully saturated rings. The minimum absolute atomic E-state index is 0.292. The van der Waals surface area contributed by atoms with Gasteiger partial charge in [-0.15, -0.1) is 5.11 Å². The second-order valence-electron chi connectivity index (χ2n) is 8.43. The summed E-state index contributed by atoms with van der Waals surface area (Å²) in [6.45, 7) is 3.74. The number of nitrogen functional groups attached to an aromatic ring is 1. The number of nitrogens with two attached hydrogens (primary N) is 1. The molecule has 10 heteroatoms. The Morgan fingerprint density at radius 2 is 1.66 bits per heavy atom. The van der Waals surface area contributed by atoms with Crippen molar-refractivity contribution in [3.05, 3.63) is 59.4 Å². The summed E-state index contributed by atoms with van der Waals surface area (Å²) in [6, 6.07) is 17.7. The Kier molecular flexibility index (Phi) is 6.39. The molecule has 2 aromatic heterocycles. The highest BCUT2D eigenvalue weighted by Crippen LogP contribution is 2.35. The second kappa shape index (κ2) is 9.77. The molecule has 178 valence electrons. The first-order chi connectivity index (χ1) is 17.0. The average Bonchev–Trinajstić information content (AvgIpc) is 2.88. The van der Waals surface area contributed by atoms with Gasteiger partial charge in [-0.05, 0) is 60.7 Å². The molecule has 0 spiro atoms. The van der Waals surface area contributed by atoms with Gasteiger partial charge in [-0.1, -0.05) is 29.5 Å². The maximum atomic E-state index is 6.31. The lowest BCUT2D eigenvalue weighted by Gasteiger charge is -2.29. The first-order valence-corrected chi connectivity index (χ1v) is 11.7. The van der Waals surface area contributed by atoms with Crippen molar-refractivity contribution < 1.29 is 4.74 Å². The molecule has 35 heavy (non-hydrogen) atoms. The predicted octanol–water partition coefficient (Wildman–Crippen LogP) is 4.86. The molecular formula is C25H26N8OS. The van der Waals surface area contributed by atoms with E-state index in [-0.39, 0.29) is 0 Å². The third kappa shape index (κ3) is 4.98. The number of aromatic nitrogens is 3. The van der Waals surface area contributed by atoms with Gasteiger partial charge < -0.3 is 20.4 Å². The van der Waals surface area contributed by atoms with Crippen molar-refractivity contribution in [1.82, 2.24) is 24.9 Å². The standard InChI is InChI=1S/C25H26N8OS/c1-32-11-13-33(14-12-32)31-30-18-7-3-17(4-8-18)21-15-20(16-5-9-19(34-2)10-6-16)22-23(26)28-25(35)29-24(22)27-21/h3-10,15H,11-14H2,1-2H3,(H3,26,27,28,29,35). The van der Waals surface area contributed by atoms with Crippen LogP contribution in [0.25, 0.3) is 33.4 Å². The molecule has 3 N–H and O–H groups in total. The summed E-state index contributed by atoms with van der Waals surface area (Å²) < 4.78 is 5.60. The Hall–Kier alpha value is -3.89. The lowest BCUT2D eigenvalue weighted by Crippen LogP contribution is -2.41. The molecule has 0 radical (unpaired) electrons. The normalized spacial score (nSPS) is 14.6. The first-order valence-electron chi connectivity index (χ1n) is 11.3. The van der Waals surface area contributed by atoms with Gasteiger partial charge in [-0.25, -0.2) is 4.98 Å². The van der Waals surface area contributed by atoms with Crippen molar-refractivity contribution in [2.75, 3.05) is 46.1 Å². The number of piperazine rings is 1. The number of nitrogens with one attached hydrogen (secondary N) is 1. The highest BCUT2D eigenvalue weighted by Gasteiger charge is 2.15. The van der Waals surface area contributed by atoms with Crippen LogP contribution in [0.5, 0.6) is 5.75 Å². The molecular weight excluding hydrogens is 460 g/mol. The molecule has 0 atom stereocenters. The van der Waals surface area contributed by atoms with Crippen LogP contribution in [0, 0.1) is 4.77 Å². The zero-order valence-corrected chi connectivity index (χ0v) is 20.4. The van der Waals surface area contributed by atoms with E-state index in [1.165, 1.54) is 0 Å². The summed E-state index contributed by atoms with van der Waals surface area (Å²) in [5.74, 6) is 1.21. The van der Waals surface area contributed by atoms with Crippen LogP contribution in [-0.4, -0.2) is 65.2 Å². The van der Waals surface area contributed by atoms with Crippen molar-refractivity contribution >= 4 is 34.8 Å². The number of hydrogen-bond acceptors (Lipinski definition) is 8. The molecule has 1 aliphatic heterocycles. The fourth-order valence-electron chi connectivity index (χ4n) is 4.03. The molecule has 4 aromatic rings. The minimum atomic E-state index is 0.292. The molecule has 9 nitrogen and oxygen atoms in total. The van der Waals surface area contributed by atoms with E-state index in [0.717, 1.165) is 65.4 Å². The van der Waals surface area contributed by atoms with Gasteiger partial charge in [0.25, 0.3) is 0 Å². The minimum Gasteiger partial charge on any atom is -0.497 e. The van der Waals surface area contributed by atoms with Crippen LogP contribution in [0.15, 0.2) is 64.9 Å². The summed E-state index contributed by atoms with van der Waals surface area (Å²) >= 11 is 5.25. The summed E-state index contributed by atoms with van der Waals surface area (Å²) in [6.07, 6.45) is 0. The SMILES string of the molecule is COc1ccc(-c2cc(-c3ccc(N=NN4CCN(C)CC4)cc3)nc3nc(=S)[nH]c(N)c23)cc1. The molecule has 0 amide bonds. The largest absolute Gasteiger partial charge is 0.497 e. The molecule has 0 saturated carbocycles. The molecule has 1 saturated heterocycles. The zero-order chi connectivity index (χ0) is 24.4. The predicted molar refractivity (Wildman–Crippen MR) is 140 cm³/mol. The van der Waals surface area contributed by atoms with E-state index >= 15 is 0 Å². The summed E-state index contributed by atoms with van der Waals surface area (Å²) in [5.41, 5.74) is 11.2. The van der Waals surface area contributed by atoms with E-state index in [9.17, 15) is 0 Å². The van der Waals surface area contributed by atoms with E-state index in [1.54, 1.807) is 7.11 Å². The van der Waals surface area contributed by atoms with Crippen LogP contribution in [0.3, 0.4) is 0 Å². The Bertz CT molecular complexity index is 1430. The lowest BCUT2D eigenvalue weighted by molar-refractivity contribution is 0.150. The quantitative estimate of drug-likeness (QED) is 0.306. The van der Waals surface area contributed by atoms with Gasteiger partial charge in [0.1, 0.15) is 11.6 Å². The fraction of sp³-hybridized carbons (Fsp3) is 0.240. The van der Waals surface area contributed by atoms with E-state index in [1.807, 2.05) is 59.6 Å². The van der Waals surface area contributed by atoms with E-state index in [2.05, 4.69) is 32.3 Å². The van der Waals surface area contributed by atoms with Crippen molar-refractivity contribution in [1.29, 1.82) is 0 Å². The number of benzene rings is 2. The van der Waals surface area contributed by atoms with Crippen molar-refractivity contribution in [3.63, 3.8) is 0 Å². The number of hydrogen-bond donors (Lipinski definition) is 2. The Morgan fingerprint density at radius 1 is 0.971 bits per heavy atom. The van der Waals surface area contributed by atoms with Crippen LogP contribution in [0.4, 0.5) is 11.5 Å². The third-order valence-electron chi connectivity index (χ3n) is 6.05. The van der Waals surface area contributed by atoms with Crippen molar-refractivity contribution in [2.24, 2.45) is 10.3 Å². The molecule has 3 heterocycles. The Morgan fingerprint density at radius 3 is 2.34 bits per heavy atom. The maximum absolute atomic E-state index is 6.31. The third-order valence-corrected chi connectivity index (χ3v) is 6.24. The smallest absolute Gasteiger partial charge is 0.200 e. The number of anilines is 1. The molecule has 5 rings (SSSR count). The Balaban J connectivity index is 1.51. The van der Waals surface area contributed by atoms with Gasteiger partial charge in [0.05, 0.1) is 37.0 Å². The van der Waals surface area contributed by atoms with Gasteiger partial charge in [-0.3, -0.25) is 5.01 Å². The van der Waals surface area contributed by atoms with Gasteiger partial charge >= 0.3 is 0 Å². The monoisotopic (exact) mass is 486 g/mol. The molecule has 0 bridgehead atoms. The molecule has 1 aliphatic rings. The van der Waals surface area contributed by atoms with Crippen molar-refractivity contribution in [2.45, 2.75) is 0 Å². The first kappa shape index (κ1) is 22.9. The Labute approximate surface area is 208 Å². The van der Waals surface area contributed by atoms with Gasteiger partial charge in [-0.2, -0.15) is 4.98 Å². The number of methoxy groups -OCH3 is 1. The van der Waals surface area contributed by atoms with Gasteiger partial charge in [0.15, 0.2) is 10.4 Å². The second-order valence-corrected chi connectivity index (χ2v) is 8.82. The van der Waals surface area contributed by atoms with Gasteiger partial charge in [0, 0.05) is 18.7 Å². The van der Waals surface area contributed by atoms with Crippen LogP contribution in [-0.2, 0) is 0 Å². The summed E-state index contributed by atoms with van der Waals surface area (Å²) in [5, 5.41) is 11.5. The molecule has 2 aromatic carbocycles. The average molecular weight is 487 g/mol. The topological polar surface area (TPSA) is 108 Å². The van der Waals surface area contributed by atoms with E-state index < -0.39 is 0 Å². The van der Waals surface area contributed by atoms with Crippen molar-refractivity contribution in [3.8, 4) is 28.1 Å². The number of H-pyrrole nitrogens is 1. The van der Waals surface area contributed by atoms with Crippen LogP contribution in [0.1, 0.15) is 0 Å². The highest BCUT2D eigenvalue weighted by atomic mass is 32.1. The number of fused-ring (bicyclic) bond motifs is 1. The number of nitrogens with zero attached hydrogens (tertiary/aromatic N) is 6. The molecule has 0 unspecified atom stereocenters. The zero-order valence-electron chi connectivity index (χ0n) is 19.6. The number of ether oxygens (including phenoxy) is 1. The van der Waals surface area contributed by atoms with E-state index in [0.29, 0.717) is 16.2 Å². The number of rotatable bonds is 5. The summed E-state index contributed by atoms with van der Waals surface area (Å²) in [4.78, 5) is 14.4.